The van der Waals surface area contributed by atoms with E-state index in [0.29, 0.717) is 15.6 Å². The number of rotatable bonds is 3. The van der Waals surface area contributed by atoms with Crippen LogP contribution < -0.4 is 5.73 Å². The molecule has 0 heterocycles. The fourth-order valence-corrected chi connectivity index (χ4v) is 2.83. The lowest BCUT2D eigenvalue weighted by molar-refractivity contribution is 0.147. The number of hydrogen-bond acceptors (Lipinski definition) is 2. The van der Waals surface area contributed by atoms with Crippen molar-refractivity contribution in [2.75, 3.05) is 0 Å². The van der Waals surface area contributed by atoms with Crippen LogP contribution in [0.3, 0.4) is 0 Å². The van der Waals surface area contributed by atoms with Crippen LogP contribution in [0.15, 0.2) is 46.9 Å². The Morgan fingerprint density at radius 1 is 0.947 bits per heavy atom. The van der Waals surface area contributed by atoms with E-state index in [0.717, 1.165) is 10.0 Å². The second kappa shape index (κ2) is 6.25. The van der Waals surface area contributed by atoms with Gasteiger partial charge in [0.05, 0.1) is 12.1 Å². The van der Waals surface area contributed by atoms with Crippen molar-refractivity contribution in [3.63, 3.8) is 0 Å². The molecule has 5 heteroatoms. The third kappa shape index (κ3) is 3.71. The smallest absolute Gasteiger partial charge is 0.0983 e. The van der Waals surface area contributed by atoms with E-state index >= 15 is 0 Å². The molecule has 2 aromatic carbocycles. The zero-order valence-corrected chi connectivity index (χ0v) is 13.0. The lowest BCUT2D eigenvalue weighted by atomic mass is 9.97. The van der Waals surface area contributed by atoms with Gasteiger partial charge in [-0.25, -0.2) is 0 Å². The molecular weight excluding hydrogens is 349 g/mol. The third-order valence-electron chi connectivity index (χ3n) is 2.82. The van der Waals surface area contributed by atoms with Crippen molar-refractivity contribution < 1.29 is 5.11 Å². The van der Waals surface area contributed by atoms with Crippen molar-refractivity contribution >= 4 is 39.1 Å². The molecule has 2 aromatic rings. The standard InChI is InChI=1S/C14H12BrCl2NO/c15-10-5-9(6-12(17)7-10)14(19)13(18)8-1-3-11(16)4-2-8/h1-7,13-14,19H,18H2. The molecule has 100 valence electrons. The molecular formula is C14H12BrCl2NO. The highest BCUT2D eigenvalue weighted by molar-refractivity contribution is 9.10. The summed E-state index contributed by atoms with van der Waals surface area (Å²) in [6.45, 7) is 0. The first-order chi connectivity index (χ1) is 8.97. The predicted octanol–water partition coefficient (Wildman–Crippen LogP) is 4.49. The Labute approximate surface area is 130 Å². The molecule has 3 N–H and O–H groups in total. The van der Waals surface area contributed by atoms with E-state index < -0.39 is 12.1 Å². The molecule has 0 saturated carbocycles. The molecule has 0 spiro atoms. The van der Waals surface area contributed by atoms with E-state index in [1.54, 1.807) is 42.5 Å². The SMILES string of the molecule is NC(c1ccc(Cl)cc1)C(O)c1cc(Cl)cc(Br)c1. The summed E-state index contributed by atoms with van der Waals surface area (Å²) in [5.74, 6) is 0. The fourth-order valence-electron chi connectivity index (χ4n) is 1.82. The molecule has 0 amide bonds. The van der Waals surface area contributed by atoms with Crippen molar-refractivity contribution in [3.8, 4) is 0 Å². The van der Waals surface area contributed by atoms with E-state index in [2.05, 4.69) is 15.9 Å². The van der Waals surface area contributed by atoms with Crippen molar-refractivity contribution in [2.45, 2.75) is 12.1 Å². The molecule has 0 bridgehead atoms. The minimum absolute atomic E-state index is 0.539. The molecule has 2 nitrogen and oxygen atoms in total. The summed E-state index contributed by atoms with van der Waals surface area (Å²) in [5, 5.41) is 11.5. The highest BCUT2D eigenvalue weighted by atomic mass is 79.9. The van der Waals surface area contributed by atoms with Crippen LogP contribution in [0.4, 0.5) is 0 Å². The van der Waals surface area contributed by atoms with Gasteiger partial charge in [0.25, 0.3) is 0 Å². The number of hydrogen-bond donors (Lipinski definition) is 2. The van der Waals surface area contributed by atoms with Crippen LogP contribution in [0.25, 0.3) is 0 Å². The van der Waals surface area contributed by atoms with Gasteiger partial charge in [-0.3, -0.25) is 0 Å². The van der Waals surface area contributed by atoms with Crippen LogP contribution in [0.1, 0.15) is 23.3 Å². The molecule has 0 radical (unpaired) electrons. The number of halogens is 3. The van der Waals surface area contributed by atoms with Crippen molar-refractivity contribution in [2.24, 2.45) is 5.73 Å². The van der Waals surface area contributed by atoms with Gasteiger partial charge in [0, 0.05) is 14.5 Å². The number of benzene rings is 2. The lowest BCUT2D eigenvalue weighted by Gasteiger charge is -2.20. The van der Waals surface area contributed by atoms with Crippen molar-refractivity contribution in [1.29, 1.82) is 0 Å². The fraction of sp³-hybridized carbons (Fsp3) is 0.143. The molecule has 0 aliphatic carbocycles. The number of aliphatic hydroxyl groups excluding tert-OH is 1. The van der Waals surface area contributed by atoms with Crippen LogP contribution in [0, 0.1) is 0 Å². The summed E-state index contributed by atoms with van der Waals surface area (Å²) in [6.07, 6.45) is -0.837. The van der Waals surface area contributed by atoms with Gasteiger partial charge < -0.3 is 10.8 Å². The Balaban J connectivity index is 2.27. The van der Waals surface area contributed by atoms with Crippen molar-refractivity contribution in [3.05, 3.63) is 68.1 Å². The molecule has 0 saturated heterocycles. The summed E-state index contributed by atoms with van der Waals surface area (Å²) in [5.41, 5.74) is 7.55. The first-order valence-corrected chi connectivity index (χ1v) is 7.17. The van der Waals surface area contributed by atoms with Crippen molar-refractivity contribution in [1.82, 2.24) is 0 Å². The van der Waals surface area contributed by atoms with Crippen LogP contribution in [-0.2, 0) is 0 Å². The summed E-state index contributed by atoms with van der Waals surface area (Å²) in [7, 11) is 0. The van der Waals surface area contributed by atoms with Gasteiger partial charge >= 0.3 is 0 Å². The molecule has 0 aliphatic heterocycles. The summed E-state index contributed by atoms with van der Waals surface area (Å²) < 4.78 is 0.803. The Morgan fingerprint density at radius 2 is 1.58 bits per heavy atom. The van der Waals surface area contributed by atoms with E-state index in [9.17, 15) is 5.11 Å². The van der Waals surface area contributed by atoms with Gasteiger partial charge in [-0.1, -0.05) is 51.3 Å². The molecule has 2 rings (SSSR count). The molecule has 19 heavy (non-hydrogen) atoms. The maximum Gasteiger partial charge on any atom is 0.0983 e. The largest absolute Gasteiger partial charge is 0.386 e. The lowest BCUT2D eigenvalue weighted by Crippen LogP contribution is -2.19. The van der Waals surface area contributed by atoms with E-state index in [1.165, 1.54) is 0 Å². The van der Waals surface area contributed by atoms with Gasteiger partial charge in [0.1, 0.15) is 0 Å². The van der Waals surface area contributed by atoms with Gasteiger partial charge in [-0.2, -0.15) is 0 Å². The minimum Gasteiger partial charge on any atom is -0.386 e. The minimum atomic E-state index is -0.837. The maximum absolute atomic E-state index is 10.3. The van der Waals surface area contributed by atoms with Gasteiger partial charge in [-0.15, -0.1) is 0 Å². The molecule has 2 unspecified atom stereocenters. The molecule has 0 fully saturated rings. The third-order valence-corrected chi connectivity index (χ3v) is 3.75. The molecule has 0 aliphatic rings. The molecule has 2 atom stereocenters. The molecule has 0 aromatic heterocycles. The van der Waals surface area contributed by atoms with E-state index in [1.807, 2.05) is 0 Å². The highest BCUT2D eigenvalue weighted by Gasteiger charge is 2.19. The summed E-state index contributed by atoms with van der Waals surface area (Å²) >= 11 is 15.1. The zero-order valence-electron chi connectivity index (χ0n) is 9.85. The Hall–Kier alpha value is -0.580. The Morgan fingerprint density at radius 3 is 2.16 bits per heavy atom. The highest BCUT2D eigenvalue weighted by Crippen LogP contribution is 2.31. The quantitative estimate of drug-likeness (QED) is 0.847. The maximum atomic E-state index is 10.3. The summed E-state index contributed by atoms with van der Waals surface area (Å²) in [4.78, 5) is 0. The van der Waals surface area contributed by atoms with E-state index in [4.69, 9.17) is 28.9 Å². The zero-order chi connectivity index (χ0) is 14.0. The second-order valence-corrected chi connectivity index (χ2v) is 6.01. The van der Waals surface area contributed by atoms with E-state index in [-0.39, 0.29) is 0 Å². The second-order valence-electron chi connectivity index (χ2n) is 4.22. The number of nitrogens with two attached hydrogens (primary N) is 1. The van der Waals surface area contributed by atoms with Gasteiger partial charge in [0.15, 0.2) is 0 Å². The number of aliphatic hydroxyl groups is 1. The van der Waals surface area contributed by atoms with Crippen LogP contribution in [0.2, 0.25) is 10.0 Å². The monoisotopic (exact) mass is 359 g/mol. The van der Waals surface area contributed by atoms with Crippen LogP contribution >= 0.6 is 39.1 Å². The van der Waals surface area contributed by atoms with Crippen LogP contribution in [0.5, 0.6) is 0 Å². The van der Waals surface area contributed by atoms with Gasteiger partial charge in [0.2, 0.25) is 0 Å². The van der Waals surface area contributed by atoms with Crippen LogP contribution in [-0.4, -0.2) is 5.11 Å². The topological polar surface area (TPSA) is 46.2 Å². The first-order valence-electron chi connectivity index (χ1n) is 5.62. The predicted molar refractivity (Wildman–Crippen MR) is 82.5 cm³/mol. The summed E-state index contributed by atoms with van der Waals surface area (Å²) in [6, 6.07) is 11.8. The Bertz CT molecular complexity index is 554. The average molecular weight is 361 g/mol. The van der Waals surface area contributed by atoms with Gasteiger partial charge in [-0.05, 0) is 41.5 Å². The normalized spacial score (nSPS) is 14.2. The first kappa shape index (κ1) is 14.8. The average Bonchev–Trinajstić information content (AvgIpc) is 2.37. The Kier molecular flexibility index (Phi) is 4.87.